The van der Waals surface area contributed by atoms with E-state index in [0.29, 0.717) is 6.42 Å². The minimum absolute atomic E-state index is 0.247. The number of benzene rings is 1. The van der Waals surface area contributed by atoms with Crippen LogP contribution < -0.4 is 0 Å². The number of nitrogens with zero attached hydrogens (tertiary/aromatic N) is 2. The Morgan fingerprint density at radius 2 is 1.84 bits per heavy atom. The molecule has 0 radical (unpaired) electrons. The SMILES string of the molecule is Cc1ccc(CC(=O)N2CCN(C/C=C/C3=CCCC=C3)CC2)cc1. The summed E-state index contributed by atoms with van der Waals surface area (Å²) < 4.78 is 0. The Morgan fingerprint density at radius 3 is 2.52 bits per heavy atom. The van der Waals surface area contributed by atoms with Crippen LogP contribution in [0.25, 0.3) is 0 Å². The lowest BCUT2D eigenvalue weighted by Gasteiger charge is -2.34. The van der Waals surface area contributed by atoms with Gasteiger partial charge in [-0.2, -0.15) is 0 Å². The third-order valence-electron chi connectivity index (χ3n) is 4.90. The molecule has 1 aliphatic carbocycles. The average molecular weight is 336 g/mol. The molecule has 0 atom stereocenters. The Morgan fingerprint density at radius 1 is 1.08 bits per heavy atom. The quantitative estimate of drug-likeness (QED) is 0.821. The monoisotopic (exact) mass is 336 g/mol. The van der Waals surface area contributed by atoms with Crippen molar-refractivity contribution in [3.8, 4) is 0 Å². The summed E-state index contributed by atoms with van der Waals surface area (Å²) in [4.78, 5) is 16.9. The van der Waals surface area contributed by atoms with Crippen molar-refractivity contribution in [3.05, 3.63) is 71.3 Å². The molecule has 1 saturated heterocycles. The van der Waals surface area contributed by atoms with Crippen LogP contribution in [0.5, 0.6) is 0 Å². The third-order valence-corrected chi connectivity index (χ3v) is 4.90. The van der Waals surface area contributed by atoms with Gasteiger partial charge in [-0.15, -0.1) is 0 Å². The van der Waals surface area contributed by atoms with E-state index in [1.54, 1.807) is 0 Å². The van der Waals surface area contributed by atoms with Crippen LogP contribution in [0, 0.1) is 6.92 Å². The molecule has 132 valence electrons. The van der Waals surface area contributed by atoms with Gasteiger partial charge in [-0.3, -0.25) is 9.69 Å². The minimum atomic E-state index is 0.247. The molecule has 25 heavy (non-hydrogen) atoms. The van der Waals surface area contributed by atoms with Gasteiger partial charge in [0.25, 0.3) is 0 Å². The Bertz CT molecular complexity index is 662. The highest BCUT2D eigenvalue weighted by Crippen LogP contribution is 2.11. The molecule has 1 fully saturated rings. The van der Waals surface area contributed by atoms with E-state index in [9.17, 15) is 4.79 Å². The second-order valence-electron chi connectivity index (χ2n) is 6.93. The predicted molar refractivity (Wildman–Crippen MR) is 104 cm³/mol. The van der Waals surface area contributed by atoms with Crippen molar-refractivity contribution in [1.82, 2.24) is 9.80 Å². The van der Waals surface area contributed by atoms with Crippen LogP contribution >= 0.6 is 0 Å². The van der Waals surface area contributed by atoms with Crippen LogP contribution in [0.3, 0.4) is 0 Å². The normalized spacial score (nSPS) is 18.6. The van der Waals surface area contributed by atoms with E-state index in [1.165, 1.54) is 11.1 Å². The van der Waals surface area contributed by atoms with E-state index in [-0.39, 0.29) is 5.91 Å². The van der Waals surface area contributed by atoms with E-state index in [2.05, 4.69) is 66.5 Å². The zero-order valence-electron chi connectivity index (χ0n) is 15.2. The molecule has 1 aromatic rings. The lowest BCUT2D eigenvalue weighted by Crippen LogP contribution is -2.49. The van der Waals surface area contributed by atoms with E-state index in [0.717, 1.165) is 51.1 Å². The molecule has 1 amide bonds. The molecule has 1 aromatic carbocycles. The number of allylic oxidation sites excluding steroid dienone is 5. The van der Waals surface area contributed by atoms with Crippen LogP contribution in [0.15, 0.2) is 60.2 Å². The van der Waals surface area contributed by atoms with Crippen LogP contribution in [-0.4, -0.2) is 48.4 Å². The summed E-state index contributed by atoms with van der Waals surface area (Å²) in [5, 5.41) is 0. The molecule has 0 spiro atoms. The van der Waals surface area contributed by atoms with E-state index in [1.807, 2.05) is 4.90 Å². The van der Waals surface area contributed by atoms with E-state index >= 15 is 0 Å². The lowest BCUT2D eigenvalue weighted by molar-refractivity contribution is -0.132. The molecule has 1 aliphatic heterocycles. The molecular formula is C22H28N2O. The summed E-state index contributed by atoms with van der Waals surface area (Å²) in [6.45, 7) is 6.62. The first-order valence-corrected chi connectivity index (χ1v) is 9.29. The molecule has 0 saturated carbocycles. The number of amides is 1. The lowest BCUT2D eigenvalue weighted by atomic mass is 10.1. The van der Waals surface area contributed by atoms with Crippen LogP contribution in [0.4, 0.5) is 0 Å². The van der Waals surface area contributed by atoms with Crippen LogP contribution in [0.1, 0.15) is 24.0 Å². The van der Waals surface area contributed by atoms with Gasteiger partial charge < -0.3 is 4.90 Å². The Balaban J connectivity index is 1.41. The third kappa shape index (κ3) is 5.43. The van der Waals surface area contributed by atoms with Crippen molar-refractivity contribution in [3.63, 3.8) is 0 Å². The van der Waals surface area contributed by atoms with Gasteiger partial charge in [0, 0.05) is 32.7 Å². The zero-order valence-corrected chi connectivity index (χ0v) is 15.2. The van der Waals surface area contributed by atoms with E-state index < -0.39 is 0 Å². The first-order valence-electron chi connectivity index (χ1n) is 9.29. The molecular weight excluding hydrogens is 308 g/mol. The summed E-state index contributed by atoms with van der Waals surface area (Å²) in [7, 11) is 0. The highest BCUT2D eigenvalue weighted by atomic mass is 16.2. The number of piperazine rings is 1. The molecule has 3 heteroatoms. The van der Waals surface area contributed by atoms with Crippen molar-refractivity contribution in [2.75, 3.05) is 32.7 Å². The molecule has 0 unspecified atom stereocenters. The molecule has 1 heterocycles. The number of carbonyl (C=O) groups is 1. The topological polar surface area (TPSA) is 23.6 Å². The van der Waals surface area contributed by atoms with Crippen molar-refractivity contribution >= 4 is 5.91 Å². The Hall–Kier alpha value is -2.13. The fourth-order valence-corrected chi connectivity index (χ4v) is 3.27. The summed E-state index contributed by atoms with van der Waals surface area (Å²) in [5.41, 5.74) is 3.66. The van der Waals surface area contributed by atoms with Crippen LogP contribution in [-0.2, 0) is 11.2 Å². The smallest absolute Gasteiger partial charge is 0.227 e. The fraction of sp³-hybridized carbons (Fsp3) is 0.409. The summed E-state index contributed by atoms with van der Waals surface area (Å²) in [6.07, 6.45) is 14.0. The van der Waals surface area contributed by atoms with Gasteiger partial charge in [0.1, 0.15) is 0 Å². The maximum absolute atomic E-state index is 12.5. The van der Waals surface area contributed by atoms with Crippen molar-refractivity contribution < 1.29 is 4.79 Å². The highest BCUT2D eigenvalue weighted by molar-refractivity contribution is 5.78. The summed E-state index contributed by atoms with van der Waals surface area (Å²) in [6, 6.07) is 8.26. The van der Waals surface area contributed by atoms with Gasteiger partial charge in [-0.1, -0.05) is 60.2 Å². The van der Waals surface area contributed by atoms with Crippen molar-refractivity contribution in [2.45, 2.75) is 26.2 Å². The largest absolute Gasteiger partial charge is 0.340 e. The number of aryl methyl sites for hydroxylation is 1. The fourth-order valence-electron chi connectivity index (χ4n) is 3.27. The van der Waals surface area contributed by atoms with Gasteiger partial charge in [-0.25, -0.2) is 0 Å². The zero-order chi connectivity index (χ0) is 17.5. The van der Waals surface area contributed by atoms with Gasteiger partial charge in [0.15, 0.2) is 0 Å². The van der Waals surface area contributed by atoms with Crippen molar-refractivity contribution in [1.29, 1.82) is 0 Å². The van der Waals surface area contributed by atoms with E-state index in [4.69, 9.17) is 0 Å². The van der Waals surface area contributed by atoms with Gasteiger partial charge in [-0.05, 0) is 30.9 Å². The average Bonchev–Trinajstić information content (AvgIpc) is 2.65. The van der Waals surface area contributed by atoms with Gasteiger partial charge >= 0.3 is 0 Å². The molecule has 0 N–H and O–H groups in total. The standard InChI is InChI=1S/C22H28N2O/c1-19-9-11-21(12-10-19)18-22(25)24-16-14-23(15-17-24)13-5-8-20-6-3-2-4-7-20/h3,5-12H,2,4,13-18H2,1H3/b8-5+. The maximum Gasteiger partial charge on any atom is 0.227 e. The first kappa shape index (κ1) is 17.7. The molecule has 3 rings (SSSR count). The van der Waals surface area contributed by atoms with Crippen molar-refractivity contribution in [2.24, 2.45) is 0 Å². The van der Waals surface area contributed by atoms with Gasteiger partial charge in [0.05, 0.1) is 6.42 Å². The number of rotatable bonds is 5. The maximum atomic E-state index is 12.5. The first-order chi connectivity index (χ1) is 12.2. The van der Waals surface area contributed by atoms with Gasteiger partial charge in [0.2, 0.25) is 5.91 Å². The Labute approximate surface area is 151 Å². The molecule has 0 aromatic heterocycles. The second-order valence-corrected chi connectivity index (χ2v) is 6.93. The highest BCUT2D eigenvalue weighted by Gasteiger charge is 2.20. The number of hydrogen-bond donors (Lipinski definition) is 0. The minimum Gasteiger partial charge on any atom is -0.340 e. The predicted octanol–water partition coefficient (Wildman–Crippen LogP) is 3.51. The number of hydrogen-bond acceptors (Lipinski definition) is 2. The molecule has 3 nitrogen and oxygen atoms in total. The molecule has 0 bridgehead atoms. The molecule has 2 aliphatic rings. The summed E-state index contributed by atoms with van der Waals surface area (Å²) >= 11 is 0. The summed E-state index contributed by atoms with van der Waals surface area (Å²) in [5.74, 6) is 0.247. The number of carbonyl (C=O) groups excluding carboxylic acids is 1. The second kappa shape index (κ2) is 8.82. The Kier molecular flexibility index (Phi) is 6.24. The van der Waals surface area contributed by atoms with Crippen LogP contribution in [0.2, 0.25) is 0 Å².